The summed E-state index contributed by atoms with van der Waals surface area (Å²) in [5, 5.41) is 3.36. The van der Waals surface area contributed by atoms with Crippen molar-refractivity contribution >= 4 is 5.97 Å². The molecule has 0 aromatic heterocycles. The molecule has 4 nitrogen and oxygen atoms in total. The zero-order valence-electron chi connectivity index (χ0n) is 11.2. The van der Waals surface area contributed by atoms with Gasteiger partial charge < -0.3 is 14.8 Å². The molecule has 0 saturated carbocycles. The van der Waals surface area contributed by atoms with Gasteiger partial charge in [-0.3, -0.25) is 4.79 Å². The highest BCUT2D eigenvalue weighted by Crippen LogP contribution is 2.15. The third kappa shape index (κ3) is 4.64. The monoisotopic (exact) mass is 243 g/mol. The Bertz CT molecular complexity index is 227. The second-order valence-corrected chi connectivity index (χ2v) is 4.85. The number of hydrogen-bond acceptors (Lipinski definition) is 4. The largest absolute Gasteiger partial charge is 0.468 e. The second kappa shape index (κ2) is 7.67. The highest BCUT2D eigenvalue weighted by atomic mass is 16.5. The number of nitrogens with one attached hydrogen (secondary N) is 1. The van der Waals surface area contributed by atoms with E-state index in [9.17, 15) is 4.79 Å². The van der Waals surface area contributed by atoms with Gasteiger partial charge in [0.25, 0.3) is 0 Å². The van der Waals surface area contributed by atoms with Gasteiger partial charge in [-0.05, 0) is 31.2 Å². The molecule has 0 aromatic rings. The minimum atomic E-state index is -0.173. The molecule has 0 spiro atoms. The van der Waals surface area contributed by atoms with Crippen molar-refractivity contribution < 1.29 is 14.3 Å². The van der Waals surface area contributed by atoms with E-state index in [-0.39, 0.29) is 12.0 Å². The lowest BCUT2D eigenvalue weighted by molar-refractivity contribution is -0.144. The van der Waals surface area contributed by atoms with Gasteiger partial charge >= 0.3 is 5.97 Å². The van der Waals surface area contributed by atoms with Crippen molar-refractivity contribution in [1.29, 1.82) is 0 Å². The molecule has 100 valence electrons. The summed E-state index contributed by atoms with van der Waals surface area (Å²) < 4.78 is 10.2. The van der Waals surface area contributed by atoms with Gasteiger partial charge in [0.2, 0.25) is 0 Å². The summed E-state index contributed by atoms with van der Waals surface area (Å²) in [5.41, 5.74) is 0. The molecule has 4 heteroatoms. The van der Waals surface area contributed by atoms with Crippen molar-refractivity contribution in [3.05, 3.63) is 0 Å². The van der Waals surface area contributed by atoms with Crippen molar-refractivity contribution in [3.63, 3.8) is 0 Å². The highest BCUT2D eigenvalue weighted by Gasteiger charge is 2.25. The van der Waals surface area contributed by atoms with Crippen LogP contribution >= 0.6 is 0 Å². The lowest BCUT2D eigenvalue weighted by Crippen LogP contribution is -2.45. The van der Waals surface area contributed by atoms with Crippen molar-refractivity contribution in [3.8, 4) is 0 Å². The van der Waals surface area contributed by atoms with Gasteiger partial charge in [0, 0.05) is 13.2 Å². The van der Waals surface area contributed by atoms with Crippen LogP contribution in [0.4, 0.5) is 0 Å². The first-order valence-electron chi connectivity index (χ1n) is 6.58. The maximum atomic E-state index is 11.7. The summed E-state index contributed by atoms with van der Waals surface area (Å²) in [5.74, 6) is 0.786. The minimum Gasteiger partial charge on any atom is -0.468 e. The van der Waals surface area contributed by atoms with Gasteiger partial charge in [-0.15, -0.1) is 0 Å². The summed E-state index contributed by atoms with van der Waals surface area (Å²) in [6.07, 6.45) is 3.14. The Hall–Kier alpha value is -0.610. The molecule has 1 saturated heterocycles. The van der Waals surface area contributed by atoms with E-state index in [1.54, 1.807) is 0 Å². The minimum absolute atomic E-state index is 0.147. The predicted octanol–water partition coefficient (Wildman–Crippen LogP) is 1.59. The number of methoxy groups -OCH3 is 1. The van der Waals surface area contributed by atoms with Crippen LogP contribution in [-0.2, 0) is 14.3 Å². The molecule has 0 radical (unpaired) electrons. The van der Waals surface area contributed by atoms with E-state index in [4.69, 9.17) is 9.47 Å². The van der Waals surface area contributed by atoms with Crippen LogP contribution in [-0.4, -0.2) is 38.9 Å². The summed E-state index contributed by atoms with van der Waals surface area (Å²) in [4.78, 5) is 11.7. The number of carbonyl (C=O) groups is 1. The summed E-state index contributed by atoms with van der Waals surface area (Å²) in [7, 11) is 1.45. The molecule has 0 bridgehead atoms. The zero-order chi connectivity index (χ0) is 12.7. The Labute approximate surface area is 104 Å². The van der Waals surface area contributed by atoms with E-state index in [0.717, 1.165) is 39.0 Å². The molecule has 2 atom stereocenters. The van der Waals surface area contributed by atoms with Gasteiger partial charge in [0.15, 0.2) is 0 Å². The summed E-state index contributed by atoms with van der Waals surface area (Å²) >= 11 is 0. The van der Waals surface area contributed by atoms with Gasteiger partial charge in [-0.2, -0.15) is 0 Å². The second-order valence-electron chi connectivity index (χ2n) is 4.85. The number of rotatable bonds is 6. The van der Waals surface area contributed by atoms with Crippen molar-refractivity contribution in [2.75, 3.05) is 26.9 Å². The van der Waals surface area contributed by atoms with Crippen LogP contribution < -0.4 is 5.32 Å². The van der Waals surface area contributed by atoms with Crippen molar-refractivity contribution in [2.24, 2.45) is 11.8 Å². The number of hydrogen-bond donors (Lipinski definition) is 1. The maximum absolute atomic E-state index is 11.7. The van der Waals surface area contributed by atoms with Gasteiger partial charge in [-0.25, -0.2) is 0 Å². The van der Waals surface area contributed by atoms with Crippen molar-refractivity contribution in [2.45, 2.75) is 39.2 Å². The fourth-order valence-electron chi connectivity index (χ4n) is 2.12. The molecule has 0 aromatic carbocycles. The number of ether oxygens (including phenoxy) is 2. The maximum Gasteiger partial charge on any atom is 0.323 e. The quantitative estimate of drug-likeness (QED) is 0.720. The molecule has 17 heavy (non-hydrogen) atoms. The van der Waals surface area contributed by atoms with E-state index in [0.29, 0.717) is 11.8 Å². The van der Waals surface area contributed by atoms with Crippen molar-refractivity contribution in [1.82, 2.24) is 5.32 Å². The standard InChI is InChI=1S/C13H25NO3/c1-4-10(2)12(13(15)16-3)14-9-11-5-7-17-8-6-11/h10-12,14H,4-9H2,1-3H3. The van der Waals surface area contributed by atoms with Crippen LogP contribution in [0.2, 0.25) is 0 Å². The lowest BCUT2D eigenvalue weighted by atomic mass is 9.96. The Morgan fingerprint density at radius 2 is 2.12 bits per heavy atom. The predicted molar refractivity (Wildman–Crippen MR) is 66.8 cm³/mol. The Balaban J connectivity index is 2.39. The van der Waals surface area contributed by atoms with Gasteiger partial charge in [0.05, 0.1) is 7.11 Å². The molecular weight excluding hydrogens is 218 g/mol. The molecule has 1 N–H and O–H groups in total. The van der Waals surface area contributed by atoms with E-state index >= 15 is 0 Å². The molecule has 1 fully saturated rings. The van der Waals surface area contributed by atoms with E-state index in [1.807, 2.05) is 0 Å². The molecule has 1 aliphatic heterocycles. The molecule has 0 amide bonds. The normalized spacial score (nSPS) is 20.9. The molecule has 1 rings (SSSR count). The van der Waals surface area contributed by atoms with Gasteiger partial charge in [0.1, 0.15) is 6.04 Å². The topological polar surface area (TPSA) is 47.6 Å². The molecular formula is C13H25NO3. The Kier molecular flexibility index (Phi) is 6.52. The first-order valence-corrected chi connectivity index (χ1v) is 6.58. The Morgan fingerprint density at radius 1 is 1.47 bits per heavy atom. The van der Waals surface area contributed by atoms with Crippen LogP contribution in [0.5, 0.6) is 0 Å². The molecule has 0 aliphatic carbocycles. The van der Waals surface area contributed by atoms with Gasteiger partial charge in [-0.1, -0.05) is 20.3 Å². The average molecular weight is 243 g/mol. The third-order valence-corrected chi connectivity index (χ3v) is 3.64. The van der Waals surface area contributed by atoms with Crippen LogP contribution in [0.15, 0.2) is 0 Å². The fourth-order valence-corrected chi connectivity index (χ4v) is 2.12. The Morgan fingerprint density at radius 3 is 2.65 bits per heavy atom. The molecule has 2 unspecified atom stereocenters. The smallest absolute Gasteiger partial charge is 0.323 e. The summed E-state index contributed by atoms with van der Waals surface area (Å²) in [6.45, 7) is 6.75. The van der Waals surface area contributed by atoms with Crippen LogP contribution in [0.1, 0.15) is 33.1 Å². The van der Waals surface area contributed by atoms with E-state index in [1.165, 1.54) is 7.11 Å². The summed E-state index contributed by atoms with van der Waals surface area (Å²) in [6, 6.07) is -0.173. The molecule has 1 aliphatic rings. The molecule has 1 heterocycles. The van der Waals surface area contributed by atoms with E-state index in [2.05, 4.69) is 19.2 Å². The zero-order valence-corrected chi connectivity index (χ0v) is 11.2. The fraction of sp³-hybridized carbons (Fsp3) is 0.923. The first-order chi connectivity index (χ1) is 8.19. The van der Waals surface area contributed by atoms with Crippen LogP contribution in [0.3, 0.4) is 0 Å². The van der Waals surface area contributed by atoms with Crippen LogP contribution in [0.25, 0.3) is 0 Å². The SMILES string of the molecule is CCC(C)C(NCC1CCOCC1)C(=O)OC. The highest BCUT2D eigenvalue weighted by molar-refractivity contribution is 5.75. The number of carbonyl (C=O) groups excluding carboxylic acids is 1. The first kappa shape index (κ1) is 14.5. The third-order valence-electron chi connectivity index (χ3n) is 3.64. The number of esters is 1. The average Bonchev–Trinajstić information content (AvgIpc) is 2.39. The lowest BCUT2D eigenvalue weighted by Gasteiger charge is -2.27. The van der Waals surface area contributed by atoms with Crippen LogP contribution in [0, 0.1) is 11.8 Å². The van der Waals surface area contributed by atoms with E-state index < -0.39 is 0 Å².